The Morgan fingerprint density at radius 3 is 2.31 bits per heavy atom. The van der Waals surface area contributed by atoms with Gasteiger partial charge in [0.05, 0.1) is 27.0 Å². The molecule has 1 fully saturated rings. The van der Waals surface area contributed by atoms with Crippen molar-refractivity contribution >= 4 is 22.4 Å². The van der Waals surface area contributed by atoms with Gasteiger partial charge >= 0.3 is 0 Å². The molecule has 2 aromatic rings. The number of likely N-dealkylation sites (tertiary alicyclic amines) is 1. The Balaban J connectivity index is 1.69. The first-order valence-corrected chi connectivity index (χ1v) is 10.6. The van der Waals surface area contributed by atoms with Crippen LogP contribution in [0.3, 0.4) is 0 Å². The summed E-state index contributed by atoms with van der Waals surface area (Å²) >= 11 is 1.43. The third-order valence-corrected chi connectivity index (χ3v) is 5.84. The molecule has 0 radical (unpaired) electrons. The van der Waals surface area contributed by atoms with Gasteiger partial charge in [0, 0.05) is 30.6 Å². The largest absolute Gasteiger partial charge is 0.493 e. The van der Waals surface area contributed by atoms with E-state index in [1.54, 1.807) is 12.1 Å². The van der Waals surface area contributed by atoms with Crippen LogP contribution in [0, 0.1) is 11.8 Å². The number of hydrogen-bond acceptors (Lipinski definition) is 7. The Morgan fingerprint density at radius 1 is 1.14 bits per heavy atom. The van der Waals surface area contributed by atoms with Gasteiger partial charge in [-0.2, -0.15) is 0 Å². The summed E-state index contributed by atoms with van der Waals surface area (Å²) in [6.45, 7) is 7.59. The zero-order valence-electron chi connectivity index (χ0n) is 17.7. The van der Waals surface area contributed by atoms with E-state index < -0.39 is 0 Å². The maximum atomic E-state index is 12.7. The number of methoxy groups -OCH3 is 3. The summed E-state index contributed by atoms with van der Waals surface area (Å²) < 4.78 is 15.9. The maximum absolute atomic E-state index is 12.7. The molecule has 2 atom stereocenters. The van der Waals surface area contributed by atoms with Crippen molar-refractivity contribution in [3.05, 3.63) is 28.8 Å². The van der Waals surface area contributed by atoms with Crippen LogP contribution in [0.4, 0.5) is 5.13 Å². The van der Waals surface area contributed by atoms with Gasteiger partial charge in [0.25, 0.3) is 5.91 Å². The fraction of sp³-hybridized carbons (Fsp3) is 0.524. The monoisotopic (exact) mass is 419 g/mol. The van der Waals surface area contributed by atoms with Gasteiger partial charge in [-0.15, -0.1) is 11.3 Å². The number of aromatic nitrogens is 1. The number of anilines is 1. The molecule has 0 spiro atoms. The molecule has 0 bridgehead atoms. The maximum Gasteiger partial charge on any atom is 0.257 e. The highest BCUT2D eigenvalue weighted by atomic mass is 32.1. The minimum atomic E-state index is -0.273. The van der Waals surface area contributed by atoms with Crippen LogP contribution >= 0.6 is 11.3 Å². The van der Waals surface area contributed by atoms with Gasteiger partial charge in [0.2, 0.25) is 5.75 Å². The average molecular weight is 420 g/mol. The molecule has 158 valence electrons. The van der Waals surface area contributed by atoms with E-state index in [0.29, 0.717) is 39.8 Å². The predicted octanol–water partition coefficient (Wildman–Crippen LogP) is 3.90. The Labute approximate surface area is 176 Å². The number of nitrogens with one attached hydrogen (secondary N) is 1. The molecule has 1 aromatic carbocycles. The molecule has 1 amide bonds. The molecule has 1 aliphatic heterocycles. The van der Waals surface area contributed by atoms with Crippen molar-refractivity contribution in [1.82, 2.24) is 9.88 Å². The van der Waals surface area contributed by atoms with Gasteiger partial charge < -0.3 is 14.2 Å². The van der Waals surface area contributed by atoms with Gasteiger partial charge in [-0.05, 0) is 30.4 Å². The van der Waals surface area contributed by atoms with Gasteiger partial charge in [-0.3, -0.25) is 15.0 Å². The molecular weight excluding hydrogens is 390 g/mol. The lowest BCUT2D eigenvalue weighted by Gasteiger charge is -2.34. The summed E-state index contributed by atoms with van der Waals surface area (Å²) in [7, 11) is 4.57. The molecule has 0 saturated carbocycles. The minimum Gasteiger partial charge on any atom is -0.493 e. The summed E-state index contributed by atoms with van der Waals surface area (Å²) in [6.07, 6.45) is 1.28. The highest BCUT2D eigenvalue weighted by Gasteiger charge is 2.23. The second-order valence-electron chi connectivity index (χ2n) is 7.65. The highest BCUT2D eigenvalue weighted by Crippen LogP contribution is 2.38. The molecule has 29 heavy (non-hydrogen) atoms. The quantitative estimate of drug-likeness (QED) is 0.734. The first kappa shape index (κ1) is 21.4. The average Bonchev–Trinajstić information content (AvgIpc) is 3.12. The van der Waals surface area contributed by atoms with E-state index in [1.807, 2.05) is 5.38 Å². The third-order valence-electron chi connectivity index (χ3n) is 5.03. The van der Waals surface area contributed by atoms with Crippen molar-refractivity contribution < 1.29 is 19.0 Å². The summed E-state index contributed by atoms with van der Waals surface area (Å²) in [5, 5.41) is 5.46. The van der Waals surface area contributed by atoms with Crippen LogP contribution in [-0.2, 0) is 6.54 Å². The zero-order valence-corrected chi connectivity index (χ0v) is 18.5. The number of thiazole rings is 1. The fourth-order valence-corrected chi connectivity index (χ4v) is 4.67. The second kappa shape index (κ2) is 9.45. The molecule has 8 heteroatoms. The first-order valence-electron chi connectivity index (χ1n) is 9.71. The van der Waals surface area contributed by atoms with Crippen LogP contribution in [0.15, 0.2) is 17.5 Å². The molecule has 1 aliphatic rings. The molecule has 1 N–H and O–H groups in total. The Kier molecular flexibility index (Phi) is 6.97. The van der Waals surface area contributed by atoms with Gasteiger partial charge in [-0.1, -0.05) is 13.8 Å². The predicted molar refractivity (Wildman–Crippen MR) is 114 cm³/mol. The van der Waals surface area contributed by atoms with Crippen molar-refractivity contribution in [3.63, 3.8) is 0 Å². The summed E-state index contributed by atoms with van der Waals surface area (Å²) in [5.41, 5.74) is 1.39. The number of rotatable bonds is 7. The lowest BCUT2D eigenvalue weighted by molar-refractivity contribution is 0.102. The Bertz CT molecular complexity index is 819. The molecular formula is C21H29N3O4S. The van der Waals surface area contributed by atoms with Crippen molar-refractivity contribution in [3.8, 4) is 17.2 Å². The number of carbonyl (C=O) groups is 1. The second-order valence-corrected chi connectivity index (χ2v) is 8.51. The molecule has 7 nitrogen and oxygen atoms in total. The standard InChI is InChI=1S/C21H29N3O4S/c1-13-6-14(2)10-24(9-13)11-16-12-29-21(22-16)23-20(25)15-7-17(26-3)19(28-5)18(8-15)27-4/h7-8,12-14H,6,9-11H2,1-5H3,(H,22,23,25)/t13-,14+. The molecule has 2 heterocycles. The van der Waals surface area contributed by atoms with E-state index in [-0.39, 0.29) is 5.91 Å². The SMILES string of the molecule is COc1cc(C(=O)Nc2nc(CN3C[C@H](C)C[C@H](C)C3)cs2)cc(OC)c1OC. The van der Waals surface area contributed by atoms with Crippen LogP contribution < -0.4 is 19.5 Å². The smallest absolute Gasteiger partial charge is 0.257 e. The number of carbonyl (C=O) groups excluding carboxylic acids is 1. The topological polar surface area (TPSA) is 72.9 Å². The number of amides is 1. The number of hydrogen-bond donors (Lipinski definition) is 1. The minimum absolute atomic E-state index is 0.273. The molecule has 3 rings (SSSR count). The lowest BCUT2D eigenvalue weighted by Crippen LogP contribution is -2.38. The summed E-state index contributed by atoms with van der Waals surface area (Å²) in [6, 6.07) is 3.25. The van der Waals surface area contributed by atoms with Crippen LogP contribution in [0.5, 0.6) is 17.2 Å². The van der Waals surface area contributed by atoms with Crippen molar-refractivity contribution in [2.75, 3.05) is 39.7 Å². The summed E-state index contributed by atoms with van der Waals surface area (Å²) in [5.74, 6) is 2.46. The third kappa shape index (κ3) is 5.19. The lowest BCUT2D eigenvalue weighted by atomic mass is 9.92. The van der Waals surface area contributed by atoms with Crippen molar-refractivity contribution in [1.29, 1.82) is 0 Å². The van der Waals surface area contributed by atoms with Crippen molar-refractivity contribution in [2.24, 2.45) is 11.8 Å². The van der Waals surface area contributed by atoms with E-state index in [9.17, 15) is 4.79 Å². The van der Waals surface area contributed by atoms with Gasteiger partial charge in [0.1, 0.15) is 0 Å². The highest BCUT2D eigenvalue weighted by molar-refractivity contribution is 7.14. The van der Waals surface area contributed by atoms with E-state index in [4.69, 9.17) is 14.2 Å². The van der Waals surface area contributed by atoms with Crippen LogP contribution in [0.2, 0.25) is 0 Å². The van der Waals surface area contributed by atoms with Crippen LogP contribution in [0.25, 0.3) is 0 Å². The normalized spacial score (nSPS) is 19.6. The number of nitrogens with zero attached hydrogens (tertiary/aromatic N) is 2. The van der Waals surface area contributed by atoms with E-state index >= 15 is 0 Å². The fourth-order valence-electron chi connectivity index (χ4n) is 3.97. The van der Waals surface area contributed by atoms with Crippen LogP contribution in [0.1, 0.15) is 36.3 Å². The van der Waals surface area contributed by atoms with Gasteiger partial charge in [-0.25, -0.2) is 4.98 Å². The Morgan fingerprint density at radius 2 is 1.76 bits per heavy atom. The number of ether oxygens (including phenoxy) is 3. The first-order chi connectivity index (χ1) is 13.9. The molecule has 0 unspecified atom stereocenters. The van der Waals surface area contributed by atoms with Crippen LogP contribution in [-0.4, -0.2) is 50.2 Å². The molecule has 1 saturated heterocycles. The molecule has 1 aromatic heterocycles. The van der Waals surface area contributed by atoms with Gasteiger partial charge in [0.15, 0.2) is 16.6 Å². The zero-order chi connectivity index (χ0) is 21.0. The number of piperidine rings is 1. The summed E-state index contributed by atoms with van der Waals surface area (Å²) in [4.78, 5) is 19.8. The Hall–Kier alpha value is -2.32. The van der Waals surface area contributed by atoms with E-state index in [0.717, 1.165) is 25.3 Å². The number of benzene rings is 1. The van der Waals surface area contributed by atoms with Crippen molar-refractivity contribution in [2.45, 2.75) is 26.8 Å². The van der Waals surface area contributed by atoms with E-state index in [2.05, 4.69) is 29.0 Å². The molecule has 0 aliphatic carbocycles. The van der Waals surface area contributed by atoms with E-state index in [1.165, 1.54) is 39.1 Å².